The molecule has 0 amide bonds. The first kappa shape index (κ1) is 14.7. The van der Waals surface area contributed by atoms with Gasteiger partial charge < -0.3 is 15.2 Å². The minimum Gasteiger partial charge on any atom is -0.496 e. The van der Waals surface area contributed by atoms with E-state index in [1.54, 1.807) is 7.11 Å². The molecular formula is C16H18ClNO2. The van der Waals surface area contributed by atoms with Crippen molar-refractivity contribution in [1.82, 2.24) is 0 Å². The SMILES string of the molecule is COc1ccccc1COc1ccc([C@@H](C)N)cc1Cl. The van der Waals surface area contributed by atoms with Crippen molar-refractivity contribution in [2.24, 2.45) is 5.73 Å². The van der Waals surface area contributed by atoms with Crippen LogP contribution in [0.15, 0.2) is 42.5 Å². The maximum Gasteiger partial charge on any atom is 0.138 e. The molecule has 2 aromatic carbocycles. The van der Waals surface area contributed by atoms with Crippen LogP contribution in [0.1, 0.15) is 24.1 Å². The van der Waals surface area contributed by atoms with E-state index >= 15 is 0 Å². The Kier molecular flexibility index (Phi) is 4.88. The second-order valence-corrected chi connectivity index (χ2v) is 4.99. The van der Waals surface area contributed by atoms with Crippen molar-refractivity contribution in [3.63, 3.8) is 0 Å². The molecule has 0 spiro atoms. The summed E-state index contributed by atoms with van der Waals surface area (Å²) < 4.78 is 11.0. The highest BCUT2D eigenvalue weighted by atomic mass is 35.5. The Labute approximate surface area is 124 Å². The van der Waals surface area contributed by atoms with Crippen LogP contribution in [0.3, 0.4) is 0 Å². The molecule has 0 radical (unpaired) electrons. The van der Waals surface area contributed by atoms with Crippen LogP contribution in [0.5, 0.6) is 11.5 Å². The van der Waals surface area contributed by atoms with Crippen molar-refractivity contribution in [1.29, 1.82) is 0 Å². The Morgan fingerprint density at radius 2 is 1.90 bits per heavy atom. The normalized spacial score (nSPS) is 12.0. The molecule has 106 valence electrons. The fraction of sp³-hybridized carbons (Fsp3) is 0.250. The number of methoxy groups -OCH3 is 1. The summed E-state index contributed by atoms with van der Waals surface area (Å²) in [6, 6.07) is 13.3. The number of ether oxygens (including phenoxy) is 2. The number of benzene rings is 2. The molecule has 1 atom stereocenters. The summed E-state index contributed by atoms with van der Waals surface area (Å²) in [6.07, 6.45) is 0. The van der Waals surface area contributed by atoms with E-state index in [9.17, 15) is 0 Å². The molecule has 2 N–H and O–H groups in total. The van der Waals surface area contributed by atoms with E-state index in [-0.39, 0.29) is 6.04 Å². The van der Waals surface area contributed by atoms with Crippen LogP contribution < -0.4 is 15.2 Å². The van der Waals surface area contributed by atoms with Gasteiger partial charge in [0.15, 0.2) is 0 Å². The third-order valence-corrected chi connectivity index (χ3v) is 3.35. The molecule has 0 saturated heterocycles. The van der Waals surface area contributed by atoms with Crippen molar-refractivity contribution < 1.29 is 9.47 Å². The number of nitrogens with two attached hydrogens (primary N) is 1. The van der Waals surface area contributed by atoms with Crippen molar-refractivity contribution in [2.75, 3.05) is 7.11 Å². The first-order chi connectivity index (χ1) is 9.61. The number of halogens is 1. The first-order valence-corrected chi connectivity index (χ1v) is 6.79. The number of hydrogen-bond acceptors (Lipinski definition) is 3. The molecule has 4 heteroatoms. The van der Waals surface area contributed by atoms with E-state index in [1.807, 2.05) is 49.4 Å². The van der Waals surface area contributed by atoms with E-state index in [4.69, 9.17) is 26.8 Å². The lowest BCUT2D eigenvalue weighted by molar-refractivity contribution is 0.297. The minimum atomic E-state index is -0.0456. The Morgan fingerprint density at radius 3 is 2.55 bits per heavy atom. The fourth-order valence-corrected chi connectivity index (χ4v) is 2.14. The average molecular weight is 292 g/mol. The smallest absolute Gasteiger partial charge is 0.138 e. The largest absolute Gasteiger partial charge is 0.496 e. The second kappa shape index (κ2) is 6.64. The van der Waals surface area contributed by atoms with E-state index in [2.05, 4.69) is 0 Å². The molecule has 0 aliphatic rings. The van der Waals surface area contributed by atoms with Gasteiger partial charge in [-0.2, -0.15) is 0 Å². The summed E-state index contributed by atoms with van der Waals surface area (Å²) in [5, 5.41) is 0.565. The first-order valence-electron chi connectivity index (χ1n) is 6.41. The lowest BCUT2D eigenvalue weighted by Crippen LogP contribution is -2.05. The van der Waals surface area contributed by atoms with Gasteiger partial charge in [-0.15, -0.1) is 0 Å². The summed E-state index contributed by atoms with van der Waals surface area (Å²) >= 11 is 6.20. The van der Waals surface area contributed by atoms with Gasteiger partial charge in [-0.05, 0) is 30.7 Å². The summed E-state index contributed by atoms with van der Waals surface area (Å²) in [7, 11) is 1.64. The molecule has 0 heterocycles. The number of para-hydroxylation sites is 1. The zero-order valence-corrected chi connectivity index (χ0v) is 12.4. The van der Waals surface area contributed by atoms with Crippen LogP contribution in [0.2, 0.25) is 5.02 Å². The summed E-state index contributed by atoms with van der Waals surface area (Å²) in [5.74, 6) is 1.44. The quantitative estimate of drug-likeness (QED) is 0.907. The van der Waals surface area contributed by atoms with Gasteiger partial charge >= 0.3 is 0 Å². The molecule has 2 aromatic rings. The zero-order valence-electron chi connectivity index (χ0n) is 11.6. The molecule has 0 saturated carbocycles. The highest BCUT2D eigenvalue weighted by Crippen LogP contribution is 2.29. The molecule has 0 unspecified atom stereocenters. The Hall–Kier alpha value is -1.71. The standard InChI is InChI=1S/C16H18ClNO2/c1-11(18)12-7-8-16(14(17)9-12)20-10-13-5-3-4-6-15(13)19-2/h3-9,11H,10,18H2,1-2H3/t11-/m1/s1. The molecule has 20 heavy (non-hydrogen) atoms. The third-order valence-electron chi connectivity index (χ3n) is 3.06. The van der Waals surface area contributed by atoms with Gasteiger partial charge in [-0.1, -0.05) is 35.9 Å². The Balaban J connectivity index is 2.11. The van der Waals surface area contributed by atoms with Crippen LogP contribution in [0.25, 0.3) is 0 Å². The van der Waals surface area contributed by atoms with Crippen LogP contribution >= 0.6 is 11.6 Å². The Morgan fingerprint density at radius 1 is 1.15 bits per heavy atom. The van der Waals surface area contributed by atoms with E-state index in [0.717, 1.165) is 16.9 Å². The summed E-state index contributed by atoms with van der Waals surface area (Å²) in [6.45, 7) is 2.32. The molecule has 0 aliphatic heterocycles. The molecule has 0 aromatic heterocycles. The van der Waals surface area contributed by atoms with Gasteiger partial charge in [-0.25, -0.2) is 0 Å². The maximum absolute atomic E-state index is 6.20. The van der Waals surface area contributed by atoms with Gasteiger partial charge in [0.2, 0.25) is 0 Å². The van der Waals surface area contributed by atoms with E-state index in [0.29, 0.717) is 17.4 Å². The number of hydrogen-bond donors (Lipinski definition) is 1. The van der Waals surface area contributed by atoms with Gasteiger partial charge in [0.25, 0.3) is 0 Å². The van der Waals surface area contributed by atoms with Crippen LogP contribution in [-0.4, -0.2) is 7.11 Å². The molecule has 0 bridgehead atoms. The lowest BCUT2D eigenvalue weighted by Gasteiger charge is -2.13. The molecule has 0 aliphatic carbocycles. The van der Waals surface area contributed by atoms with Gasteiger partial charge in [0.05, 0.1) is 12.1 Å². The summed E-state index contributed by atoms with van der Waals surface area (Å²) in [4.78, 5) is 0. The minimum absolute atomic E-state index is 0.0456. The van der Waals surface area contributed by atoms with Crippen molar-refractivity contribution in [2.45, 2.75) is 19.6 Å². The highest BCUT2D eigenvalue weighted by molar-refractivity contribution is 6.32. The second-order valence-electron chi connectivity index (χ2n) is 4.58. The van der Waals surface area contributed by atoms with Crippen molar-refractivity contribution >= 4 is 11.6 Å². The molecule has 3 nitrogen and oxygen atoms in total. The summed E-state index contributed by atoms with van der Waals surface area (Å²) in [5.41, 5.74) is 7.78. The van der Waals surface area contributed by atoms with Crippen molar-refractivity contribution in [3.8, 4) is 11.5 Å². The van der Waals surface area contributed by atoms with Gasteiger partial charge in [0.1, 0.15) is 18.1 Å². The van der Waals surface area contributed by atoms with Gasteiger partial charge in [0, 0.05) is 11.6 Å². The van der Waals surface area contributed by atoms with Crippen LogP contribution in [-0.2, 0) is 6.61 Å². The maximum atomic E-state index is 6.20. The predicted octanol–water partition coefficient (Wildman–Crippen LogP) is 3.95. The molecule has 0 fully saturated rings. The lowest BCUT2D eigenvalue weighted by atomic mass is 10.1. The molecular weight excluding hydrogens is 274 g/mol. The third kappa shape index (κ3) is 3.44. The van der Waals surface area contributed by atoms with E-state index in [1.165, 1.54) is 0 Å². The van der Waals surface area contributed by atoms with Crippen LogP contribution in [0, 0.1) is 0 Å². The van der Waals surface area contributed by atoms with Gasteiger partial charge in [-0.3, -0.25) is 0 Å². The van der Waals surface area contributed by atoms with Crippen molar-refractivity contribution in [3.05, 3.63) is 58.6 Å². The predicted molar refractivity (Wildman–Crippen MR) is 81.4 cm³/mol. The Bertz CT molecular complexity index is 584. The fourth-order valence-electron chi connectivity index (χ4n) is 1.90. The zero-order chi connectivity index (χ0) is 14.5. The average Bonchev–Trinajstić information content (AvgIpc) is 2.46. The van der Waals surface area contributed by atoms with Crippen LogP contribution in [0.4, 0.5) is 0 Å². The monoisotopic (exact) mass is 291 g/mol. The molecule has 2 rings (SSSR count). The van der Waals surface area contributed by atoms with E-state index < -0.39 is 0 Å². The topological polar surface area (TPSA) is 44.5 Å². The highest BCUT2D eigenvalue weighted by Gasteiger charge is 2.08. The number of rotatable bonds is 5.